The molecule has 0 atom stereocenters. The third kappa shape index (κ3) is 5.78. The molecule has 1 N–H and O–H groups in total. The number of rotatable bonds is 8. The maximum atomic E-state index is 12.5. The maximum absolute atomic E-state index is 12.5. The Labute approximate surface area is 158 Å². The van der Waals surface area contributed by atoms with E-state index in [0.717, 1.165) is 6.42 Å². The lowest BCUT2D eigenvalue weighted by Gasteiger charge is -2.29. The van der Waals surface area contributed by atoms with Gasteiger partial charge in [-0.3, -0.25) is 9.59 Å². The van der Waals surface area contributed by atoms with Crippen LogP contribution in [0.3, 0.4) is 0 Å². The molecule has 1 saturated heterocycles. The van der Waals surface area contributed by atoms with Crippen LogP contribution in [0.2, 0.25) is 0 Å². The van der Waals surface area contributed by atoms with Crippen LogP contribution in [0.4, 0.5) is 0 Å². The van der Waals surface area contributed by atoms with Gasteiger partial charge in [-0.15, -0.1) is 11.3 Å². The van der Waals surface area contributed by atoms with E-state index in [2.05, 4.69) is 19.2 Å². The molecule has 26 heavy (non-hydrogen) atoms. The summed E-state index contributed by atoms with van der Waals surface area (Å²) in [7, 11) is -3.48. The molecule has 0 saturated carbocycles. The van der Waals surface area contributed by atoms with Crippen molar-refractivity contribution in [1.82, 2.24) is 9.62 Å². The van der Waals surface area contributed by atoms with Gasteiger partial charge in [-0.1, -0.05) is 19.9 Å². The molecule has 146 valence electrons. The highest BCUT2D eigenvalue weighted by atomic mass is 32.2. The second-order valence-corrected chi connectivity index (χ2v) is 9.86. The Kier molecular flexibility index (Phi) is 7.60. The average molecular weight is 403 g/mol. The number of thiophene rings is 1. The van der Waals surface area contributed by atoms with Crippen LogP contribution in [0.15, 0.2) is 21.7 Å². The SMILES string of the molecule is CC(C)CCNC(=O)COC(=O)C1CCN(S(=O)(=O)c2cccs2)CC1. The first kappa shape index (κ1) is 20.9. The average Bonchev–Trinajstić information content (AvgIpc) is 3.15. The molecule has 0 bridgehead atoms. The van der Waals surface area contributed by atoms with Gasteiger partial charge in [0.05, 0.1) is 5.92 Å². The fraction of sp³-hybridized carbons (Fsp3) is 0.647. The summed E-state index contributed by atoms with van der Waals surface area (Å²) >= 11 is 1.18. The third-order valence-corrected chi connectivity index (χ3v) is 7.54. The number of amides is 1. The monoisotopic (exact) mass is 402 g/mol. The first-order valence-electron chi connectivity index (χ1n) is 8.77. The quantitative estimate of drug-likeness (QED) is 0.670. The van der Waals surface area contributed by atoms with E-state index < -0.39 is 16.0 Å². The van der Waals surface area contributed by atoms with E-state index >= 15 is 0 Å². The molecule has 0 spiro atoms. The second-order valence-electron chi connectivity index (χ2n) is 6.75. The summed E-state index contributed by atoms with van der Waals surface area (Å²) in [6.45, 7) is 4.97. The Morgan fingerprint density at radius 1 is 1.35 bits per heavy atom. The molecule has 1 aliphatic rings. The molecule has 1 aliphatic heterocycles. The number of nitrogens with one attached hydrogen (secondary N) is 1. The normalized spacial score (nSPS) is 16.6. The molecular weight excluding hydrogens is 376 g/mol. The van der Waals surface area contributed by atoms with Crippen LogP contribution in [-0.4, -0.2) is 50.8 Å². The van der Waals surface area contributed by atoms with Crippen LogP contribution in [0, 0.1) is 11.8 Å². The van der Waals surface area contributed by atoms with Gasteiger partial charge in [-0.05, 0) is 36.6 Å². The number of piperidine rings is 1. The lowest BCUT2D eigenvalue weighted by Crippen LogP contribution is -2.41. The number of carbonyl (C=O) groups is 2. The lowest BCUT2D eigenvalue weighted by molar-refractivity contribution is -0.153. The first-order valence-corrected chi connectivity index (χ1v) is 11.1. The highest BCUT2D eigenvalue weighted by molar-refractivity contribution is 7.91. The smallest absolute Gasteiger partial charge is 0.309 e. The van der Waals surface area contributed by atoms with E-state index in [0.29, 0.717) is 29.5 Å². The van der Waals surface area contributed by atoms with Gasteiger partial charge in [-0.2, -0.15) is 4.31 Å². The van der Waals surface area contributed by atoms with Crippen molar-refractivity contribution in [2.24, 2.45) is 11.8 Å². The molecule has 1 amide bonds. The number of sulfonamides is 1. The molecule has 0 aromatic carbocycles. The zero-order chi connectivity index (χ0) is 19.2. The molecule has 0 aliphatic carbocycles. The summed E-state index contributed by atoms with van der Waals surface area (Å²) < 4.78 is 31.7. The zero-order valence-electron chi connectivity index (χ0n) is 15.1. The van der Waals surface area contributed by atoms with Crippen molar-refractivity contribution < 1.29 is 22.7 Å². The highest BCUT2D eigenvalue weighted by Gasteiger charge is 2.33. The molecule has 1 aromatic rings. The van der Waals surface area contributed by atoms with Crippen molar-refractivity contribution in [3.8, 4) is 0 Å². The lowest BCUT2D eigenvalue weighted by atomic mass is 9.98. The maximum Gasteiger partial charge on any atom is 0.309 e. The van der Waals surface area contributed by atoms with Gasteiger partial charge in [0.25, 0.3) is 15.9 Å². The van der Waals surface area contributed by atoms with Gasteiger partial charge in [0.15, 0.2) is 6.61 Å². The molecule has 1 aromatic heterocycles. The van der Waals surface area contributed by atoms with Crippen LogP contribution in [0.1, 0.15) is 33.1 Å². The summed E-state index contributed by atoms with van der Waals surface area (Å²) in [6.07, 6.45) is 1.67. The summed E-state index contributed by atoms with van der Waals surface area (Å²) in [5.41, 5.74) is 0. The van der Waals surface area contributed by atoms with Crippen LogP contribution in [-0.2, 0) is 24.3 Å². The highest BCUT2D eigenvalue weighted by Crippen LogP contribution is 2.26. The van der Waals surface area contributed by atoms with Crippen LogP contribution in [0.5, 0.6) is 0 Å². The number of hydrogen-bond donors (Lipinski definition) is 1. The molecule has 2 heterocycles. The van der Waals surface area contributed by atoms with Crippen molar-refractivity contribution >= 4 is 33.2 Å². The Bertz CT molecular complexity index is 693. The largest absolute Gasteiger partial charge is 0.455 e. The van der Waals surface area contributed by atoms with Crippen LogP contribution in [0.25, 0.3) is 0 Å². The van der Waals surface area contributed by atoms with E-state index in [-0.39, 0.29) is 31.5 Å². The van der Waals surface area contributed by atoms with Crippen molar-refractivity contribution in [3.05, 3.63) is 17.5 Å². The van der Waals surface area contributed by atoms with Crippen LogP contribution < -0.4 is 5.32 Å². The van der Waals surface area contributed by atoms with E-state index in [9.17, 15) is 18.0 Å². The molecule has 1 fully saturated rings. The fourth-order valence-electron chi connectivity index (χ4n) is 2.68. The first-order chi connectivity index (χ1) is 12.3. The summed E-state index contributed by atoms with van der Waals surface area (Å²) in [5.74, 6) is -0.615. The topological polar surface area (TPSA) is 92.8 Å². The van der Waals surface area contributed by atoms with Gasteiger partial charge in [-0.25, -0.2) is 8.42 Å². The summed E-state index contributed by atoms with van der Waals surface area (Å²) in [6, 6.07) is 3.28. The molecule has 2 rings (SSSR count). The number of hydrogen-bond acceptors (Lipinski definition) is 6. The number of carbonyl (C=O) groups excluding carboxylic acids is 2. The standard InChI is InChI=1S/C17H26N2O5S2/c1-13(2)5-8-18-15(20)12-24-17(21)14-6-9-19(10-7-14)26(22,23)16-4-3-11-25-16/h3-4,11,13-14H,5-10,12H2,1-2H3,(H,18,20). The van der Waals surface area contributed by atoms with Gasteiger partial charge in [0.2, 0.25) is 0 Å². The second kappa shape index (κ2) is 9.48. The number of nitrogens with zero attached hydrogens (tertiary/aromatic N) is 1. The Morgan fingerprint density at radius 2 is 2.04 bits per heavy atom. The summed E-state index contributed by atoms with van der Waals surface area (Å²) in [4.78, 5) is 23.8. The Balaban J connectivity index is 1.74. The van der Waals surface area contributed by atoms with E-state index in [1.54, 1.807) is 17.5 Å². The number of ether oxygens (including phenoxy) is 1. The molecule has 0 unspecified atom stereocenters. The van der Waals surface area contributed by atoms with E-state index in [1.165, 1.54) is 15.6 Å². The van der Waals surface area contributed by atoms with Crippen LogP contribution >= 0.6 is 11.3 Å². The molecular formula is C17H26N2O5S2. The summed E-state index contributed by atoms with van der Waals surface area (Å²) in [5, 5.41) is 4.44. The van der Waals surface area contributed by atoms with Crippen molar-refractivity contribution in [3.63, 3.8) is 0 Å². The molecule has 0 radical (unpaired) electrons. The van der Waals surface area contributed by atoms with Crippen molar-refractivity contribution in [2.45, 2.75) is 37.3 Å². The molecule has 9 heteroatoms. The van der Waals surface area contributed by atoms with E-state index in [1.807, 2.05) is 0 Å². The Morgan fingerprint density at radius 3 is 2.62 bits per heavy atom. The van der Waals surface area contributed by atoms with Gasteiger partial charge in [0.1, 0.15) is 4.21 Å². The predicted octanol–water partition coefficient (Wildman–Crippen LogP) is 1.85. The third-order valence-electron chi connectivity index (χ3n) is 4.27. The zero-order valence-corrected chi connectivity index (χ0v) is 16.8. The minimum absolute atomic E-state index is 0.278. The number of esters is 1. The van der Waals surface area contributed by atoms with Gasteiger partial charge in [0, 0.05) is 19.6 Å². The van der Waals surface area contributed by atoms with Crippen molar-refractivity contribution in [2.75, 3.05) is 26.2 Å². The molecule has 7 nitrogen and oxygen atoms in total. The van der Waals surface area contributed by atoms with Gasteiger partial charge >= 0.3 is 5.97 Å². The fourth-order valence-corrected chi connectivity index (χ4v) is 5.29. The van der Waals surface area contributed by atoms with Crippen molar-refractivity contribution in [1.29, 1.82) is 0 Å². The minimum atomic E-state index is -3.48. The van der Waals surface area contributed by atoms with E-state index in [4.69, 9.17) is 4.74 Å². The van der Waals surface area contributed by atoms with Gasteiger partial charge < -0.3 is 10.1 Å². The predicted molar refractivity (Wildman–Crippen MR) is 99.2 cm³/mol. The minimum Gasteiger partial charge on any atom is -0.455 e. The Hall–Kier alpha value is -1.45.